The highest BCUT2D eigenvalue weighted by molar-refractivity contribution is 5.66. The van der Waals surface area contributed by atoms with E-state index in [1.165, 1.54) is 16.8 Å². The summed E-state index contributed by atoms with van der Waals surface area (Å²) in [4.78, 5) is 0. The summed E-state index contributed by atoms with van der Waals surface area (Å²) in [6.45, 7) is 0. The Balaban J connectivity index is 2.00. The number of hydrogen-bond acceptors (Lipinski definition) is 1. The van der Waals surface area contributed by atoms with Gasteiger partial charge in [-0.25, -0.2) is 0 Å². The van der Waals surface area contributed by atoms with E-state index in [0.29, 0.717) is 6.04 Å². The molecule has 0 saturated heterocycles. The van der Waals surface area contributed by atoms with Gasteiger partial charge in [0.2, 0.25) is 0 Å². The standard InChI is InChI=1S/C13H11N/c1-2-6-10(7-3-1)13-11-8-4-5-9-12(11)14-13/h1-9,13-14H. The van der Waals surface area contributed by atoms with Gasteiger partial charge in [-0.3, -0.25) is 0 Å². The Kier molecular flexibility index (Phi) is 1.57. The molecule has 1 atom stereocenters. The van der Waals surface area contributed by atoms with Crippen LogP contribution in [0.3, 0.4) is 0 Å². The number of anilines is 1. The first-order valence-electron chi connectivity index (χ1n) is 4.85. The van der Waals surface area contributed by atoms with E-state index in [4.69, 9.17) is 0 Å². The minimum absolute atomic E-state index is 0.396. The normalized spacial score (nSPS) is 17.9. The summed E-state index contributed by atoms with van der Waals surface area (Å²) in [5, 5.41) is 3.44. The molecule has 0 fully saturated rings. The van der Waals surface area contributed by atoms with Crippen molar-refractivity contribution in [1.82, 2.24) is 0 Å². The summed E-state index contributed by atoms with van der Waals surface area (Å²) in [5.41, 5.74) is 4.01. The van der Waals surface area contributed by atoms with Crippen molar-refractivity contribution in [2.75, 3.05) is 5.32 Å². The Morgan fingerprint density at radius 3 is 2.29 bits per heavy atom. The van der Waals surface area contributed by atoms with Gasteiger partial charge in [-0.15, -0.1) is 0 Å². The van der Waals surface area contributed by atoms with Gasteiger partial charge in [0, 0.05) is 11.3 Å². The van der Waals surface area contributed by atoms with Crippen LogP contribution in [0.1, 0.15) is 17.2 Å². The van der Waals surface area contributed by atoms with E-state index in [9.17, 15) is 0 Å². The minimum atomic E-state index is 0.396. The van der Waals surface area contributed by atoms with Gasteiger partial charge >= 0.3 is 0 Å². The second-order valence-electron chi connectivity index (χ2n) is 3.58. The van der Waals surface area contributed by atoms with Crippen molar-refractivity contribution >= 4 is 5.69 Å². The average molecular weight is 181 g/mol. The van der Waals surface area contributed by atoms with E-state index in [2.05, 4.69) is 53.8 Å². The van der Waals surface area contributed by atoms with E-state index < -0.39 is 0 Å². The molecule has 0 aliphatic carbocycles. The van der Waals surface area contributed by atoms with Crippen LogP contribution in [-0.4, -0.2) is 0 Å². The molecule has 1 aliphatic heterocycles. The first-order chi connectivity index (χ1) is 6.95. The Bertz CT molecular complexity index is 448. The van der Waals surface area contributed by atoms with Crippen LogP contribution in [0, 0.1) is 0 Å². The third-order valence-corrected chi connectivity index (χ3v) is 2.70. The van der Waals surface area contributed by atoms with Gasteiger partial charge in [0.05, 0.1) is 6.04 Å². The molecule has 1 N–H and O–H groups in total. The molecule has 0 aromatic heterocycles. The van der Waals surface area contributed by atoms with Gasteiger partial charge in [-0.2, -0.15) is 0 Å². The van der Waals surface area contributed by atoms with E-state index >= 15 is 0 Å². The Labute approximate surface area is 83.4 Å². The van der Waals surface area contributed by atoms with Crippen LogP contribution in [0.4, 0.5) is 5.69 Å². The molecule has 68 valence electrons. The lowest BCUT2D eigenvalue weighted by atomic mass is 9.91. The molecular weight excluding hydrogens is 170 g/mol. The molecule has 2 aromatic carbocycles. The van der Waals surface area contributed by atoms with Crippen LogP contribution in [0.15, 0.2) is 54.6 Å². The molecule has 0 spiro atoms. The van der Waals surface area contributed by atoms with Gasteiger partial charge in [0.1, 0.15) is 0 Å². The van der Waals surface area contributed by atoms with Crippen molar-refractivity contribution in [2.45, 2.75) is 6.04 Å². The van der Waals surface area contributed by atoms with Gasteiger partial charge < -0.3 is 5.32 Å². The summed E-state index contributed by atoms with van der Waals surface area (Å²) < 4.78 is 0. The zero-order valence-corrected chi connectivity index (χ0v) is 7.77. The van der Waals surface area contributed by atoms with Crippen molar-refractivity contribution in [1.29, 1.82) is 0 Å². The molecule has 14 heavy (non-hydrogen) atoms. The largest absolute Gasteiger partial charge is 0.374 e. The summed E-state index contributed by atoms with van der Waals surface area (Å²) in [7, 11) is 0. The molecule has 1 heterocycles. The topological polar surface area (TPSA) is 12.0 Å². The van der Waals surface area contributed by atoms with E-state index in [1.54, 1.807) is 0 Å². The van der Waals surface area contributed by atoms with Crippen LogP contribution in [0.25, 0.3) is 0 Å². The monoisotopic (exact) mass is 181 g/mol. The third kappa shape index (κ3) is 1.02. The van der Waals surface area contributed by atoms with Gasteiger partial charge in [0.25, 0.3) is 0 Å². The quantitative estimate of drug-likeness (QED) is 0.712. The number of para-hydroxylation sites is 1. The molecule has 0 saturated carbocycles. The van der Waals surface area contributed by atoms with E-state index in [1.807, 2.05) is 6.07 Å². The molecule has 1 nitrogen and oxygen atoms in total. The summed E-state index contributed by atoms with van der Waals surface area (Å²) in [6, 6.07) is 19.4. The Morgan fingerprint density at radius 2 is 1.50 bits per heavy atom. The van der Waals surface area contributed by atoms with Crippen LogP contribution in [0.2, 0.25) is 0 Å². The molecule has 1 aliphatic rings. The SMILES string of the molecule is c1ccc(C2Nc3ccccc32)cc1. The third-order valence-electron chi connectivity index (χ3n) is 2.70. The fourth-order valence-corrected chi connectivity index (χ4v) is 1.94. The maximum atomic E-state index is 3.44. The van der Waals surface area contributed by atoms with Gasteiger partial charge in [0.15, 0.2) is 0 Å². The molecule has 1 heteroatoms. The van der Waals surface area contributed by atoms with E-state index in [-0.39, 0.29) is 0 Å². The van der Waals surface area contributed by atoms with Crippen LogP contribution in [-0.2, 0) is 0 Å². The molecule has 3 rings (SSSR count). The lowest BCUT2D eigenvalue weighted by Gasteiger charge is -2.32. The Morgan fingerprint density at radius 1 is 0.786 bits per heavy atom. The Hall–Kier alpha value is -1.76. The highest BCUT2D eigenvalue weighted by Crippen LogP contribution is 2.39. The highest BCUT2D eigenvalue weighted by atomic mass is 15.0. The smallest absolute Gasteiger partial charge is 0.0787 e. The summed E-state index contributed by atoms with van der Waals surface area (Å²) >= 11 is 0. The molecule has 0 bridgehead atoms. The zero-order chi connectivity index (χ0) is 9.38. The molecule has 1 unspecified atom stereocenters. The van der Waals surface area contributed by atoms with E-state index in [0.717, 1.165) is 0 Å². The minimum Gasteiger partial charge on any atom is -0.374 e. The number of hydrogen-bond donors (Lipinski definition) is 1. The highest BCUT2D eigenvalue weighted by Gasteiger charge is 2.25. The predicted molar refractivity (Wildman–Crippen MR) is 58.3 cm³/mol. The summed E-state index contributed by atoms with van der Waals surface area (Å²) in [6.07, 6.45) is 0. The van der Waals surface area contributed by atoms with Crippen molar-refractivity contribution in [3.63, 3.8) is 0 Å². The second-order valence-corrected chi connectivity index (χ2v) is 3.58. The molecular formula is C13H11N. The van der Waals surface area contributed by atoms with Crippen molar-refractivity contribution in [3.8, 4) is 0 Å². The number of benzene rings is 2. The van der Waals surface area contributed by atoms with Crippen LogP contribution >= 0.6 is 0 Å². The van der Waals surface area contributed by atoms with Gasteiger partial charge in [-0.1, -0.05) is 48.5 Å². The molecule has 0 amide bonds. The fraction of sp³-hybridized carbons (Fsp3) is 0.0769. The van der Waals surface area contributed by atoms with Crippen molar-refractivity contribution < 1.29 is 0 Å². The van der Waals surface area contributed by atoms with Crippen LogP contribution < -0.4 is 5.32 Å². The van der Waals surface area contributed by atoms with Gasteiger partial charge in [-0.05, 0) is 11.6 Å². The predicted octanol–water partition coefficient (Wildman–Crippen LogP) is 3.20. The lowest BCUT2D eigenvalue weighted by molar-refractivity contribution is 0.870. The lowest BCUT2D eigenvalue weighted by Crippen LogP contribution is -2.23. The van der Waals surface area contributed by atoms with Crippen LogP contribution in [0.5, 0.6) is 0 Å². The number of fused-ring (bicyclic) bond motifs is 1. The first kappa shape index (κ1) is 7.63. The number of rotatable bonds is 1. The summed E-state index contributed by atoms with van der Waals surface area (Å²) in [5.74, 6) is 0. The zero-order valence-electron chi connectivity index (χ0n) is 7.77. The van der Waals surface area contributed by atoms with Crippen molar-refractivity contribution in [3.05, 3.63) is 65.7 Å². The number of nitrogens with one attached hydrogen (secondary N) is 1. The second kappa shape index (κ2) is 2.88. The molecule has 2 aromatic rings. The average Bonchev–Trinajstić information content (AvgIpc) is 2.22. The first-order valence-corrected chi connectivity index (χ1v) is 4.85. The van der Waals surface area contributed by atoms with Crippen molar-refractivity contribution in [2.24, 2.45) is 0 Å². The maximum Gasteiger partial charge on any atom is 0.0787 e. The molecule has 0 radical (unpaired) electrons. The fourth-order valence-electron chi connectivity index (χ4n) is 1.94. The maximum absolute atomic E-state index is 3.44.